The maximum absolute atomic E-state index is 11.9. The minimum atomic E-state index is -0.478. The van der Waals surface area contributed by atoms with Gasteiger partial charge in [-0.3, -0.25) is 19.8 Å². The van der Waals surface area contributed by atoms with Gasteiger partial charge in [0, 0.05) is 26.2 Å². The number of nitrogens with one attached hydrogen (secondary N) is 2. The number of benzene rings is 3. The van der Waals surface area contributed by atoms with Gasteiger partial charge in [-0.25, -0.2) is 4.79 Å². The fourth-order valence-corrected chi connectivity index (χ4v) is 4.27. The molecule has 0 radical (unpaired) electrons. The second-order valence-electron chi connectivity index (χ2n) is 10.4. The minimum absolute atomic E-state index is 0.0152. The van der Waals surface area contributed by atoms with E-state index in [1.807, 2.05) is 39.0 Å². The second-order valence-corrected chi connectivity index (χ2v) is 10.4. The molecule has 3 amide bonds. The molecule has 39 heavy (non-hydrogen) atoms. The van der Waals surface area contributed by atoms with Crippen LogP contribution in [0.2, 0.25) is 0 Å². The van der Waals surface area contributed by atoms with Crippen LogP contribution in [0.1, 0.15) is 63.7 Å². The van der Waals surface area contributed by atoms with E-state index >= 15 is 0 Å². The third-order valence-corrected chi connectivity index (χ3v) is 6.10. The van der Waals surface area contributed by atoms with Crippen LogP contribution in [-0.4, -0.2) is 43.7 Å². The summed E-state index contributed by atoms with van der Waals surface area (Å²) in [6.07, 6.45) is -0.312. The zero-order valence-corrected chi connectivity index (χ0v) is 21.9. The van der Waals surface area contributed by atoms with Crippen molar-refractivity contribution in [3.63, 3.8) is 0 Å². The topological polar surface area (TPSA) is 148 Å². The molecule has 0 saturated heterocycles. The van der Waals surface area contributed by atoms with Crippen LogP contribution in [-0.2, 0) is 30.9 Å². The van der Waals surface area contributed by atoms with Crippen molar-refractivity contribution in [3.05, 3.63) is 88.0 Å². The largest absolute Gasteiger partial charge is 0.508 e. The van der Waals surface area contributed by atoms with E-state index in [0.29, 0.717) is 24.4 Å². The van der Waals surface area contributed by atoms with E-state index in [0.717, 1.165) is 24.2 Å². The van der Waals surface area contributed by atoms with Gasteiger partial charge < -0.3 is 25.4 Å². The quantitative estimate of drug-likeness (QED) is 0.273. The first-order valence-electron chi connectivity index (χ1n) is 12.4. The predicted octanol–water partition coefficient (Wildman–Crippen LogP) is 3.91. The van der Waals surface area contributed by atoms with Crippen molar-refractivity contribution in [1.82, 2.24) is 15.5 Å². The smallest absolute Gasteiger partial charge is 0.410 e. The normalized spacial score (nSPS) is 14.7. The highest BCUT2D eigenvalue weighted by Crippen LogP contribution is 2.27. The average Bonchev–Trinajstić information content (AvgIpc) is 3.56. The number of carbonyl (C=O) groups excluding carboxylic acids is 3. The molecule has 3 aliphatic heterocycles. The number of aromatic hydroxyl groups is 3. The van der Waals surface area contributed by atoms with Crippen LogP contribution >= 0.6 is 0 Å². The Morgan fingerprint density at radius 2 is 1.28 bits per heavy atom. The first-order valence-corrected chi connectivity index (χ1v) is 12.4. The number of ether oxygens (including phenoxy) is 1. The lowest BCUT2D eigenvalue weighted by Gasteiger charge is -2.24. The highest BCUT2D eigenvalue weighted by Gasteiger charge is 2.28. The van der Waals surface area contributed by atoms with E-state index in [2.05, 4.69) is 10.6 Å². The molecule has 0 bridgehead atoms. The van der Waals surface area contributed by atoms with Gasteiger partial charge in [0.15, 0.2) is 0 Å². The lowest BCUT2D eigenvalue weighted by atomic mass is 10.1. The summed E-state index contributed by atoms with van der Waals surface area (Å²) in [6, 6.07) is 14.7. The average molecular weight is 534 g/mol. The number of amides is 3. The highest BCUT2D eigenvalue weighted by atomic mass is 16.6. The first kappa shape index (κ1) is 27.5. The van der Waals surface area contributed by atoms with E-state index in [9.17, 15) is 19.5 Å². The highest BCUT2D eigenvalue weighted by molar-refractivity contribution is 6.21. The molecule has 0 fully saturated rings. The number of phenolic OH excluding ortho intramolecular Hbond substituents is 3. The van der Waals surface area contributed by atoms with Gasteiger partial charge in [-0.2, -0.15) is 0 Å². The molecule has 0 aromatic heterocycles. The summed E-state index contributed by atoms with van der Waals surface area (Å²) >= 11 is 0. The Morgan fingerprint density at radius 1 is 0.744 bits per heavy atom. The summed E-state index contributed by atoms with van der Waals surface area (Å²) in [5.74, 6) is -0.281. The number of rotatable bonds is 0. The lowest BCUT2D eigenvalue weighted by molar-refractivity contribution is 0.0241. The third kappa shape index (κ3) is 6.85. The molecule has 3 aromatic rings. The molecule has 6 rings (SSSR count). The number of imide groups is 1. The van der Waals surface area contributed by atoms with Gasteiger partial charge in [0.25, 0.3) is 11.8 Å². The summed E-state index contributed by atoms with van der Waals surface area (Å²) in [6.45, 7) is 8.42. The van der Waals surface area contributed by atoms with Crippen LogP contribution in [0.25, 0.3) is 0 Å². The Labute approximate surface area is 225 Å². The Balaban J connectivity index is 0.000000141. The van der Waals surface area contributed by atoms with E-state index < -0.39 is 17.4 Å². The molecule has 0 aliphatic carbocycles. The number of hydrogen-bond acceptors (Lipinski definition) is 8. The van der Waals surface area contributed by atoms with Gasteiger partial charge in [-0.1, -0.05) is 12.1 Å². The zero-order valence-electron chi connectivity index (χ0n) is 21.9. The Bertz CT molecular complexity index is 1430. The molecular weight excluding hydrogens is 502 g/mol. The van der Waals surface area contributed by atoms with E-state index in [1.54, 1.807) is 23.1 Å². The van der Waals surface area contributed by atoms with Crippen molar-refractivity contribution in [1.29, 1.82) is 0 Å². The molecule has 3 heterocycles. The van der Waals surface area contributed by atoms with Crippen LogP contribution < -0.4 is 10.6 Å². The van der Waals surface area contributed by atoms with Crippen LogP contribution in [0.4, 0.5) is 4.79 Å². The van der Waals surface area contributed by atoms with Crippen LogP contribution in [0.5, 0.6) is 17.2 Å². The molecule has 10 nitrogen and oxygen atoms in total. The second kappa shape index (κ2) is 11.0. The minimum Gasteiger partial charge on any atom is -0.508 e. The maximum atomic E-state index is 11.9. The molecule has 3 aromatic carbocycles. The fourth-order valence-electron chi connectivity index (χ4n) is 4.27. The summed E-state index contributed by atoms with van der Waals surface area (Å²) < 4.78 is 5.31. The van der Waals surface area contributed by atoms with E-state index in [-0.39, 0.29) is 23.2 Å². The molecule has 5 N–H and O–H groups in total. The third-order valence-electron chi connectivity index (χ3n) is 6.10. The van der Waals surface area contributed by atoms with Crippen molar-refractivity contribution in [3.8, 4) is 17.2 Å². The van der Waals surface area contributed by atoms with Crippen molar-refractivity contribution >= 4 is 17.9 Å². The van der Waals surface area contributed by atoms with Crippen LogP contribution in [0, 0.1) is 0 Å². The number of carbonyl (C=O) groups is 3. The van der Waals surface area contributed by atoms with Gasteiger partial charge in [0.1, 0.15) is 22.8 Å². The van der Waals surface area contributed by atoms with Crippen molar-refractivity contribution < 1.29 is 34.4 Å². The van der Waals surface area contributed by atoms with Gasteiger partial charge >= 0.3 is 6.09 Å². The number of nitrogens with zero attached hydrogens (tertiary/aromatic N) is 1. The van der Waals surface area contributed by atoms with Crippen molar-refractivity contribution in [2.75, 3.05) is 0 Å². The fraction of sp³-hybridized carbons (Fsp3) is 0.276. The summed E-state index contributed by atoms with van der Waals surface area (Å²) in [5.41, 5.74) is 4.65. The SMILES string of the molecule is CC(C)(C)OC(=O)N1Cc2ccc(O)cc2C1.O=C1NC(=O)c2cc(O)ccc21.Oc1ccc2c(c1)CNC2. The van der Waals surface area contributed by atoms with Crippen LogP contribution in [0.3, 0.4) is 0 Å². The molecule has 0 atom stereocenters. The number of phenols is 3. The predicted molar refractivity (Wildman–Crippen MR) is 142 cm³/mol. The molecule has 3 aliphatic rings. The van der Waals surface area contributed by atoms with E-state index in [4.69, 9.17) is 14.9 Å². The van der Waals surface area contributed by atoms with E-state index in [1.165, 1.54) is 29.3 Å². The number of fused-ring (bicyclic) bond motifs is 3. The zero-order chi connectivity index (χ0) is 28.3. The van der Waals surface area contributed by atoms with Crippen LogP contribution in [0.15, 0.2) is 54.6 Å². The van der Waals surface area contributed by atoms with Crippen molar-refractivity contribution in [2.24, 2.45) is 0 Å². The molecule has 204 valence electrons. The van der Waals surface area contributed by atoms with Gasteiger partial charge in [-0.15, -0.1) is 0 Å². The van der Waals surface area contributed by atoms with Gasteiger partial charge in [0.2, 0.25) is 0 Å². The molecule has 0 spiro atoms. The summed E-state index contributed by atoms with van der Waals surface area (Å²) in [7, 11) is 0. The molecule has 0 saturated carbocycles. The first-order chi connectivity index (χ1) is 18.4. The van der Waals surface area contributed by atoms with Crippen molar-refractivity contribution in [2.45, 2.75) is 52.6 Å². The molecule has 0 unspecified atom stereocenters. The maximum Gasteiger partial charge on any atom is 0.410 e. The summed E-state index contributed by atoms with van der Waals surface area (Å²) in [4.78, 5) is 35.4. The van der Waals surface area contributed by atoms with Gasteiger partial charge in [0.05, 0.1) is 11.1 Å². The monoisotopic (exact) mass is 533 g/mol. The standard InChI is InChI=1S/C13H17NO3.C8H5NO3.C8H9NO/c1-13(2,3)17-12(16)14-7-9-4-5-11(15)6-10(9)8-14;10-4-1-2-5-6(3-4)8(12)9-7(5)11;10-8-2-1-6-4-9-5-7(6)3-8/h4-6,15H,7-8H2,1-3H3;1-3,10H,(H,9,11,12);1-3,9-10H,4-5H2. The molecular formula is C29H31N3O7. The lowest BCUT2D eigenvalue weighted by Crippen LogP contribution is -2.33. The Kier molecular flexibility index (Phi) is 7.78. The van der Waals surface area contributed by atoms with Gasteiger partial charge in [-0.05, 0) is 85.5 Å². The number of hydrogen-bond donors (Lipinski definition) is 5. The molecule has 10 heteroatoms. The summed E-state index contributed by atoms with van der Waals surface area (Å²) in [5, 5.41) is 32.8. The Morgan fingerprint density at radius 3 is 1.97 bits per heavy atom. The Hall–Kier alpha value is -4.57.